The van der Waals surface area contributed by atoms with Gasteiger partial charge < -0.3 is 19.7 Å². The lowest BCUT2D eigenvalue weighted by Gasteiger charge is -2.28. The molecule has 1 aliphatic heterocycles. The Morgan fingerprint density at radius 3 is 2.59 bits per heavy atom. The SMILES string of the molecule is CC(C)OCC(F)(F)COc1ccc(N2CCNCC2)nc1. The van der Waals surface area contributed by atoms with Crippen LogP contribution in [0.4, 0.5) is 14.6 Å². The molecule has 22 heavy (non-hydrogen) atoms. The second kappa shape index (κ2) is 7.69. The second-order valence-electron chi connectivity index (χ2n) is 5.59. The molecule has 1 fully saturated rings. The van der Waals surface area contributed by atoms with E-state index < -0.39 is 19.1 Å². The van der Waals surface area contributed by atoms with E-state index in [1.807, 2.05) is 0 Å². The number of aromatic nitrogens is 1. The van der Waals surface area contributed by atoms with Crippen LogP contribution in [-0.2, 0) is 4.74 Å². The number of halogens is 2. The van der Waals surface area contributed by atoms with Crippen LogP contribution in [0.2, 0.25) is 0 Å². The molecule has 0 radical (unpaired) electrons. The van der Waals surface area contributed by atoms with Gasteiger partial charge in [0, 0.05) is 26.2 Å². The zero-order valence-corrected chi connectivity index (χ0v) is 13.0. The van der Waals surface area contributed by atoms with E-state index in [9.17, 15) is 8.78 Å². The number of rotatable bonds is 7. The van der Waals surface area contributed by atoms with Gasteiger partial charge >= 0.3 is 5.92 Å². The van der Waals surface area contributed by atoms with Crippen molar-refractivity contribution in [3.8, 4) is 5.75 Å². The Hall–Kier alpha value is -1.47. The van der Waals surface area contributed by atoms with Crippen LogP contribution in [0.1, 0.15) is 13.8 Å². The van der Waals surface area contributed by atoms with Gasteiger partial charge in [-0.2, -0.15) is 0 Å². The smallest absolute Gasteiger partial charge is 0.304 e. The van der Waals surface area contributed by atoms with E-state index in [4.69, 9.17) is 9.47 Å². The first kappa shape index (κ1) is 16.9. The third-order valence-electron chi connectivity index (χ3n) is 3.24. The summed E-state index contributed by atoms with van der Waals surface area (Å²) in [5.41, 5.74) is 0. The van der Waals surface area contributed by atoms with Crippen molar-refractivity contribution in [3.63, 3.8) is 0 Å². The van der Waals surface area contributed by atoms with Gasteiger partial charge in [0.1, 0.15) is 18.2 Å². The summed E-state index contributed by atoms with van der Waals surface area (Å²) in [6.07, 6.45) is 1.25. The Bertz CT molecular complexity index is 449. The van der Waals surface area contributed by atoms with Crippen LogP contribution in [0.25, 0.3) is 0 Å². The topological polar surface area (TPSA) is 46.6 Å². The highest BCUT2D eigenvalue weighted by Crippen LogP contribution is 2.20. The van der Waals surface area contributed by atoms with Gasteiger partial charge in [0.25, 0.3) is 0 Å². The first-order chi connectivity index (χ1) is 10.5. The van der Waals surface area contributed by atoms with Crippen LogP contribution in [0, 0.1) is 0 Å². The average molecular weight is 315 g/mol. The van der Waals surface area contributed by atoms with E-state index in [0.717, 1.165) is 32.0 Å². The van der Waals surface area contributed by atoms with Gasteiger partial charge in [-0.1, -0.05) is 0 Å². The van der Waals surface area contributed by atoms with Gasteiger partial charge in [0.05, 0.1) is 12.3 Å². The number of hydrogen-bond acceptors (Lipinski definition) is 5. The molecule has 2 heterocycles. The van der Waals surface area contributed by atoms with Crippen LogP contribution in [0.5, 0.6) is 5.75 Å². The molecular weight excluding hydrogens is 292 g/mol. The van der Waals surface area contributed by atoms with Crippen LogP contribution in [0.3, 0.4) is 0 Å². The van der Waals surface area contributed by atoms with Gasteiger partial charge in [0.15, 0.2) is 6.61 Å². The normalized spacial score (nSPS) is 16.1. The fourth-order valence-electron chi connectivity index (χ4n) is 2.06. The molecule has 1 aromatic heterocycles. The summed E-state index contributed by atoms with van der Waals surface area (Å²) < 4.78 is 37.2. The molecule has 0 bridgehead atoms. The molecular formula is C15H23F2N3O2. The lowest BCUT2D eigenvalue weighted by Crippen LogP contribution is -2.43. The minimum atomic E-state index is -3.01. The standard InChI is InChI=1S/C15H23F2N3O2/c1-12(2)21-10-15(16,17)11-22-13-3-4-14(19-9-13)20-7-5-18-6-8-20/h3-4,9,12,18H,5-8,10-11H2,1-2H3. The van der Waals surface area contributed by atoms with Crippen LogP contribution >= 0.6 is 0 Å². The average Bonchev–Trinajstić information content (AvgIpc) is 2.53. The largest absolute Gasteiger partial charge is 0.486 e. The number of pyridine rings is 1. The quantitative estimate of drug-likeness (QED) is 0.833. The highest BCUT2D eigenvalue weighted by atomic mass is 19.3. The number of nitrogens with zero attached hydrogens (tertiary/aromatic N) is 2. The second-order valence-corrected chi connectivity index (χ2v) is 5.59. The van der Waals surface area contributed by atoms with E-state index in [1.54, 1.807) is 26.0 Å². The maximum absolute atomic E-state index is 13.6. The first-order valence-corrected chi connectivity index (χ1v) is 7.50. The molecule has 124 valence electrons. The number of hydrogen-bond donors (Lipinski definition) is 1. The predicted molar refractivity (Wildman–Crippen MR) is 80.8 cm³/mol. The van der Waals surface area contributed by atoms with E-state index in [1.165, 1.54) is 6.20 Å². The van der Waals surface area contributed by atoms with Crippen molar-refractivity contribution < 1.29 is 18.3 Å². The van der Waals surface area contributed by atoms with Crippen LogP contribution in [-0.4, -0.2) is 56.4 Å². The summed E-state index contributed by atoms with van der Waals surface area (Å²) in [4.78, 5) is 6.42. The zero-order valence-electron chi connectivity index (χ0n) is 13.0. The minimum absolute atomic E-state index is 0.231. The van der Waals surface area contributed by atoms with Gasteiger partial charge in [0.2, 0.25) is 0 Å². The Kier molecular flexibility index (Phi) is 5.90. The van der Waals surface area contributed by atoms with Crippen LogP contribution < -0.4 is 15.0 Å². The third kappa shape index (κ3) is 5.38. The predicted octanol–water partition coefficient (Wildman–Crippen LogP) is 1.93. The highest BCUT2D eigenvalue weighted by Gasteiger charge is 2.31. The Labute approximate surface area is 129 Å². The van der Waals surface area contributed by atoms with Crippen molar-refractivity contribution in [3.05, 3.63) is 18.3 Å². The highest BCUT2D eigenvalue weighted by molar-refractivity contribution is 5.41. The summed E-state index contributed by atoms with van der Waals surface area (Å²) in [5.74, 6) is -1.84. The third-order valence-corrected chi connectivity index (χ3v) is 3.24. The molecule has 1 aliphatic rings. The van der Waals surface area contributed by atoms with Crippen molar-refractivity contribution in [1.82, 2.24) is 10.3 Å². The summed E-state index contributed by atoms with van der Waals surface area (Å²) in [5, 5.41) is 3.26. The lowest BCUT2D eigenvalue weighted by molar-refractivity contribution is -0.113. The summed E-state index contributed by atoms with van der Waals surface area (Å²) in [7, 11) is 0. The molecule has 0 unspecified atom stereocenters. The van der Waals surface area contributed by atoms with Crippen molar-refractivity contribution in [2.75, 3.05) is 44.3 Å². The van der Waals surface area contributed by atoms with E-state index in [-0.39, 0.29) is 6.10 Å². The van der Waals surface area contributed by atoms with Crippen LogP contribution in [0.15, 0.2) is 18.3 Å². The molecule has 1 N–H and O–H groups in total. The van der Waals surface area contributed by atoms with E-state index >= 15 is 0 Å². The molecule has 2 rings (SSSR count). The maximum Gasteiger partial charge on any atom is 0.304 e. The number of anilines is 1. The van der Waals surface area contributed by atoms with Gasteiger partial charge in [-0.15, -0.1) is 0 Å². The van der Waals surface area contributed by atoms with Gasteiger partial charge in [-0.05, 0) is 26.0 Å². The molecule has 0 aliphatic carbocycles. The fraction of sp³-hybridized carbons (Fsp3) is 0.667. The molecule has 1 saturated heterocycles. The summed E-state index contributed by atoms with van der Waals surface area (Å²) >= 11 is 0. The molecule has 0 amide bonds. The van der Waals surface area contributed by atoms with Crippen molar-refractivity contribution in [2.24, 2.45) is 0 Å². The minimum Gasteiger partial charge on any atom is -0.486 e. The molecule has 7 heteroatoms. The Morgan fingerprint density at radius 2 is 2.00 bits per heavy atom. The molecule has 0 saturated carbocycles. The number of piperazine rings is 1. The Balaban J connectivity index is 1.83. The van der Waals surface area contributed by atoms with Crippen molar-refractivity contribution >= 4 is 5.82 Å². The number of nitrogens with one attached hydrogen (secondary N) is 1. The van der Waals surface area contributed by atoms with Gasteiger partial charge in [-0.3, -0.25) is 0 Å². The molecule has 0 atom stereocenters. The van der Waals surface area contributed by atoms with E-state index in [2.05, 4.69) is 15.2 Å². The van der Waals surface area contributed by atoms with Crippen molar-refractivity contribution in [1.29, 1.82) is 0 Å². The lowest BCUT2D eigenvalue weighted by atomic mass is 10.3. The monoisotopic (exact) mass is 315 g/mol. The van der Waals surface area contributed by atoms with Crippen molar-refractivity contribution in [2.45, 2.75) is 25.9 Å². The first-order valence-electron chi connectivity index (χ1n) is 7.50. The fourth-order valence-corrected chi connectivity index (χ4v) is 2.06. The number of ether oxygens (including phenoxy) is 2. The number of alkyl halides is 2. The summed E-state index contributed by atoms with van der Waals surface area (Å²) in [6.45, 7) is 5.69. The summed E-state index contributed by atoms with van der Waals surface area (Å²) in [6, 6.07) is 3.47. The van der Waals surface area contributed by atoms with E-state index in [0.29, 0.717) is 5.75 Å². The molecule has 5 nitrogen and oxygen atoms in total. The maximum atomic E-state index is 13.6. The Morgan fingerprint density at radius 1 is 1.27 bits per heavy atom. The molecule has 0 spiro atoms. The van der Waals surface area contributed by atoms with Gasteiger partial charge in [-0.25, -0.2) is 13.8 Å². The zero-order chi connectivity index (χ0) is 16.0. The molecule has 0 aromatic carbocycles. The molecule has 1 aromatic rings.